The fraction of sp³-hybridized carbons (Fsp3) is 0.778. The number of rotatable bonds is 2. The van der Waals surface area contributed by atoms with Crippen molar-refractivity contribution in [3.8, 4) is 0 Å². The molecule has 1 radical (unpaired) electrons. The Bertz CT molecular complexity index is 141. The Hall–Kier alpha value is -0.730. The highest BCUT2D eigenvalue weighted by Gasteiger charge is 2.15. The highest BCUT2D eigenvalue weighted by molar-refractivity contribution is 5.67. The van der Waals surface area contributed by atoms with E-state index in [1.54, 1.807) is 0 Å². The van der Waals surface area contributed by atoms with E-state index >= 15 is 0 Å². The normalized spacial score (nSPS) is 18.8. The number of ether oxygens (including phenoxy) is 1. The van der Waals surface area contributed by atoms with E-state index in [2.05, 4.69) is 11.7 Å². The van der Waals surface area contributed by atoms with Crippen molar-refractivity contribution in [2.45, 2.75) is 38.6 Å². The van der Waals surface area contributed by atoms with Gasteiger partial charge in [-0.1, -0.05) is 0 Å². The minimum atomic E-state index is -0.274. The van der Waals surface area contributed by atoms with E-state index in [1.165, 1.54) is 0 Å². The van der Waals surface area contributed by atoms with Gasteiger partial charge in [-0.05, 0) is 39.0 Å². The quantitative estimate of drug-likeness (QED) is 0.687. The zero-order valence-electron chi connectivity index (χ0n) is 7.51. The minimum Gasteiger partial charge on any atom is -0.450 e. The van der Waals surface area contributed by atoms with Gasteiger partial charge in [0.05, 0.1) is 6.61 Å². The molecule has 1 aliphatic rings. The Morgan fingerprint density at radius 2 is 2.25 bits per heavy atom. The predicted octanol–water partition coefficient (Wildman–Crippen LogP) is 1.88. The van der Waals surface area contributed by atoms with Crippen LogP contribution in [0.1, 0.15) is 32.6 Å². The van der Waals surface area contributed by atoms with Gasteiger partial charge in [0.2, 0.25) is 0 Å². The summed E-state index contributed by atoms with van der Waals surface area (Å²) in [6, 6.07) is 0.328. The Morgan fingerprint density at radius 1 is 1.58 bits per heavy atom. The molecular weight excluding hydrogens is 154 g/mol. The first-order valence-electron chi connectivity index (χ1n) is 4.58. The average Bonchev–Trinajstić information content (AvgIpc) is 2.06. The lowest BCUT2D eigenvalue weighted by molar-refractivity contribution is 0.146. The molecule has 0 aromatic carbocycles. The van der Waals surface area contributed by atoms with Gasteiger partial charge in [0.25, 0.3) is 0 Å². The number of hydrogen-bond acceptors (Lipinski definition) is 2. The molecule has 1 amide bonds. The fourth-order valence-corrected chi connectivity index (χ4v) is 1.41. The van der Waals surface area contributed by atoms with Gasteiger partial charge in [0.15, 0.2) is 0 Å². The van der Waals surface area contributed by atoms with Crippen molar-refractivity contribution in [3.63, 3.8) is 0 Å². The summed E-state index contributed by atoms with van der Waals surface area (Å²) < 4.78 is 4.78. The van der Waals surface area contributed by atoms with Gasteiger partial charge in [-0.3, -0.25) is 0 Å². The molecule has 0 spiro atoms. The predicted molar refractivity (Wildman–Crippen MR) is 46.7 cm³/mol. The lowest BCUT2D eigenvalue weighted by Gasteiger charge is -2.21. The maximum absolute atomic E-state index is 11.0. The van der Waals surface area contributed by atoms with Gasteiger partial charge in [-0.15, -0.1) is 0 Å². The largest absolute Gasteiger partial charge is 0.450 e. The molecule has 0 saturated heterocycles. The van der Waals surface area contributed by atoms with Gasteiger partial charge in [-0.2, -0.15) is 0 Å². The van der Waals surface area contributed by atoms with E-state index in [9.17, 15) is 4.79 Å². The number of carbonyl (C=O) groups excluding carboxylic acids is 1. The lowest BCUT2D eigenvalue weighted by Crippen LogP contribution is -2.36. The smallest absolute Gasteiger partial charge is 0.407 e. The Labute approximate surface area is 73.5 Å². The first-order valence-corrected chi connectivity index (χ1v) is 4.58. The minimum absolute atomic E-state index is 0.274. The topological polar surface area (TPSA) is 38.3 Å². The summed E-state index contributed by atoms with van der Waals surface area (Å²) in [6.07, 6.45) is 6.32. The van der Waals surface area contributed by atoms with Gasteiger partial charge in [0, 0.05) is 6.04 Å². The first-order chi connectivity index (χ1) is 5.83. The van der Waals surface area contributed by atoms with Crippen LogP contribution in [0.2, 0.25) is 0 Å². The van der Waals surface area contributed by atoms with Crippen molar-refractivity contribution >= 4 is 6.09 Å². The fourth-order valence-electron chi connectivity index (χ4n) is 1.41. The molecule has 0 aromatic rings. The van der Waals surface area contributed by atoms with E-state index in [-0.39, 0.29) is 6.09 Å². The standard InChI is InChI=1S/C9H16NO2/c1-2-12-9(11)10-8-6-4-3-5-7-8/h3,8H,2,4-7H2,1H3,(H,10,11). The summed E-state index contributed by atoms with van der Waals surface area (Å²) in [5.74, 6) is 0. The molecule has 0 heterocycles. The Morgan fingerprint density at radius 3 is 2.83 bits per heavy atom. The van der Waals surface area contributed by atoms with E-state index in [0.717, 1.165) is 25.7 Å². The summed E-state index contributed by atoms with van der Waals surface area (Å²) in [6.45, 7) is 2.26. The van der Waals surface area contributed by atoms with Crippen LogP contribution in [0.5, 0.6) is 0 Å². The number of alkyl carbamates (subject to hydrolysis) is 1. The zero-order valence-corrected chi connectivity index (χ0v) is 7.51. The SMILES string of the molecule is CCOC(=O)NC1CC[CH]CC1. The number of carbonyl (C=O) groups is 1. The number of nitrogens with one attached hydrogen (secondary N) is 1. The molecule has 3 nitrogen and oxygen atoms in total. The van der Waals surface area contributed by atoms with Crippen LogP contribution in [-0.2, 0) is 4.74 Å². The summed E-state index contributed by atoms with van der Waals surface area (Å²) in [5, 5.41) is 2.84. The third-order valence-corrected chi connectivity index (χ3v) is 2.04. The molecule has 0 unspecified atom stereocenters. The third-order valence-electron chi connectivity index (χ3n) is 2.04. The summed E-state index contributed by atoms with van der Waals surface area (Å²) in [5.41, 5.74) is 0. The molecule has 12 heavy (non-hydrogen) atoms. The van der Waals surface area contributed by atoms with Crippen LogP contribution in [0.3, 0.4) is 0 Å². The van der Waals surface area contributed by atoms with E-state index in [4.69, 9.17) is 4.74 Å². The molecule has 0 aromatic heterocycles. The molecule has 1 aliphatic carbocycles. The van der Waals surface area contributed by atoms with Crippen LogP contribution in [0.4, 0.5) is 4.79 Å². The van der Waals surface area contributed by atoms with Crippen LogP contribution < -0.4 is 5.32 Å². The van der Waals surface area contributed by atoms with Gasteiger partial charge >= 0.3 is 6.09 Å². The molecule has 0 atom stereocenters. The molecule has 69 valence electrons. The Balaban J connectivity index is 2.15. The maximum Gasteiger partial charge on any atom is 0.407 e. The molecular formula is C9H16NO2. The second-order valence-corrected chi connectivity index (χ2v) is 3.01. The van der Waals surface area contributed by atoms with Gasteiger partial charge in [0.1, 0.15) is 0 Å². The van der Waals surface area contributed by atoms with Gasteiger partial charge in [-0.25, -0.2) is 4.79 Å². The van der Waals surface area contributed by atoms with E-state index in [1.807, 2.05) is 6.92 Å². The maximum atomic E-state index is 11.0. The van der Waals surface area contributed by atoms with E-state index < -0.39 is 0 Å². The number of amides is 1. The molecule has 0 bridgehead atoms. The van der Waals surface area contributed by atoms with Crippen LogP contribution >= 0.6 is 0 Å². The van der Waals surface area contributed by atoms with Crippen molar-refractivity contribution in [2.75, 3.05) is 6.61 Å². The highest BCUT2D eigenvalue weighted by Crippen LogP contribution is 2.16. The monoisotopic (exact) mass is 170 g/mol. The summed E-state index contributed by atoms with van der Waals surface area (Å²) >= 11 is 0. The first kappa shape index (κ1) is 9.36. The van der Waals surface area contributed by atoms with Crippen LogP contribution in [0, 0.1) is 6.42 Å². The average molecular weight is 170 g/mol. The molecule has 0 aliphatic heterocycles. The molecule has 1 rings (SSSR count). The highest BCUT2D eigenvalue weighted by atomic mass is 16.5. The Kier molecular flexibility index (Phi) is 3.91. The van der Waals surface area contributed by atoms with Crippen LogP contribution in [0.25, 0.3) is 0 Å². The third kappa shape index (κ3) is 3.11. The van der Waals surface area contributed by atoms with Crippen molar-refractivity contribution < 1.29 is 9.53 Å². The van der Waals surface area contributed by atoms with Gasteiger partial charge < -0.3 is 10.1 Å². The van der Waals surface area contributed by atoms with Crippen LogP contribution in [0.15, 0.2) is 0 Å². The second kappa shape index (κ2) is 5.01. The zero-order chi connectivity index (χ0) is 8.81. The summed E-state index contributed by atoms with van der Waals surface area (Å²) in [4.78, 5) is 11.0. The number of hydrogen-bond donors (Lipinski definition) is 1. The molecule has 3 heteroatoms. The van der Waals surface area contributed by atoms with E-state index in [0.29, 0.717) is 12.6 Å². The molecule has 1 fully saturated rings. The van der Waals surface area contributed by atoms with Crippen molar-refractivity contribution in [3.05, 3.63) is 6.42 Å². The molecule has 1 saturated carbocycles. The van der Waals surface area contributed by atoms with Crippen molar-refractivity contribution in [2.24, 2.45) is 0 Å². The van der Waals surface area contributed by atoms with Crippen molar-refractivity contribution in [1.82, 2.24) is 5.32 Å². The lowest BCUT2D eigenvalue weighted by atomic mass is 9.96. The van der Waals surface area contributed by atoms with Crippen molar-refractivity contribution in [1.29, 1.82) is 0 Å². The van der Waals surface area contributed by atoms with Crippen LogP contribution in [-0.4, -0.2) is 18.7 Å². The summed E-state index contributed by atoms with van der Waals surface area (Å²) in [7, 11) is 0. The second-order valence-electron chi connectivity index (χ2n) is 3.01. The molecule has 1 N–H and O–H groups in total.